The monoisotopic (exact) mass is 413 g/mol. The summed E-state index contributed by atoms with van der Waals surface area (Å²) in [7, 11) is 0. The summed E-state index contributed by atoms with van der Waals surface area (Å²) in [5, 5.41) is 6.00. The first-order valence-corrected chi connectivity index (χ1v) is 10.1. The first kappa shape index (κ1) is 17.6. The van der Waals surface area contributed by atoms with Crippen molar-refractivity contribution in [3.05, 3.63) is 62.9 Å². The molecule has 4 aromatic rings. The van der Waals surface area contributed by atoms with E-state index in [1.807, 2.05) is 6.07 Å². The number of benzene rings is 1. The number of nitrogens with zero attached hydrogens (tertiary/aromatic N) is 5. The molecule has 8 heteroatoms. The molecule has 0 aliphatic heterocycles. The number of pyridine rings is 1. The van der Waals surface area contributed by atoms with Crippen LogP contribution in [0.5, 0.6) is 0 Å². The van der Waals surface area contributed by atoms with Gasteiger partial charge in [0.1, 0.15) is 0 Å². The van der Waals surface area contributed by atoms with Gasteiger partial charge in [-0.25, -0.2) is 4.98 Å². The minimum Gasteiger partial charge on any atom is -0.284 e. The van der Waals surface area contributed by atoms with Gasteiger partial charge >= 0.3 is 0 Å². The second kappa shape index (κ2) is 6.87. The molecule has 142 valence electrons. The van der Waals surface area contributed by atoms with Crippen LogP contribution in [0.25, 0.3) is 22.4 Å². The van der Waals surface area contributed by atoms with Crippen LogP contribution in [0, 0.1) is 0 Å². The number of aromatic nitrogens is 5. The van der Waals surface area contributed by atoms with Crippen molar-refractivity contribution >= 4 is 39.9 Å². The highest BCUT2D eigenvalue weighted by molar-refractivity contribution is 6.42. The standard InChI is InChI=1S/C20H17Cl2N5O/c21-15-7-6-13(10-16(15)22)26-9-8-17-14(19(26)28)11-23-20-24-18(25-27(17)20)12-4-2-1-3-5-12/h6-12H,1-5H2. The fourth-order valence-electron chi connectivity index (χ4n) is 3.91. The molecule has 6 nitrogen and oxygen atoms in total. The summed E-state index contributed by atoms with van der Waals surface area (Å²) in [5.41, 5.74) is 1.14. The van der Waals surface area contributed by atoms with Crippen molar-refractivity contribution in [2.45, 2.75) is 38.0 Å². The van der Waals surface area contributed by atoms with Gasteiger partial charge in [0.15, 0.2) is 5.82 Å². The lowest BCUT2D eigenvalue weighted by Crippen LogP contribution is -2.18. The highest BCUT2D eigenvalue weighted by Crippen LogP contribution is 2.31. The van der Waals surface area contributed by atoms with E-state index >= 15 is 0 Å². The molecule has 1 aromatic carbocycles. The lowest BCUT2D eigenvalue weighted by Gasteiger charge is -2.17. The molecule has 0 radical (unpaired) electrons. The number of fused-ring (bicyclic) bond motifs is 3. The maximum absolute atomic E-state index is 13.1. The maximum atomic E-state index is 13.1. The molecular weight excluding hydrogens is 397 g/mol. The Balaban J connectivity index is 1.65. The van der Waals surface area contributed by atoms with Gasteiger partial charge in [0, 0.05) is 18.3 Å². The third kappa shape index (κ3) is 2.88. The summed E-state index contributed by atoms with van der Waals surface area (Å²) in [6.45, 7) is 0. The third-order valence-corrected chi connectivity index (χ3v) is 6.14. The third-order valence-electron chi connectivity index (χ3n) is 5.40. The Labute approximate surface area is 170 Å². The topological polar surface area (TPSA) is 65.1 Å². The van der Waals surface area contributed by atoms with Crippen LogP contribution < -0.4 is 5.56 Å². The molecule has 0 saturated heterocycles. The fraction of sp³-hybridized carbons (Fsp3) is 0.300. The van der Waals surface area contributed by atoms with E-state index in [-0.39, 0.29) is 5.56 Å². The molecule has 0 bridgehead atoms. The van der Waals surface area contributed by atoms with E-state index < -0.39 is 0 Å². The van der Waals surface area contributed by atoms with E-state index in [0.717, 1.165) is 18.7 Å². The Morgan fingerprint density at radius 1 is 1.04 bits per heavy atom. The van der Waals surface area contributed by atoms with Gasteiger partial charge in [0.2, 0.25) is 0 Å². The van der Waals surface area contributed by atoms with Crippen LogP contribution in [0.2, 0.25) is 10.0 Å². The summed E-state index contributed by atoms with van der Waals surface area (Å²) in [6, 6.07) is 6.95. The van der Waals surface area contributed by atoms with Crippen LogP contribution in [-0.4, -0.2) is 24.1 Å². The zero-order valence-corrected chi connectivity index (χ0v) is 16.5. The van der Waals surface area contributed by atoms with Gasteiger partial charge in [0.05, 0.1) is 26.6 Å². The molecular formula is C20H17Cl2N5O. The minimum atomic E-state index is -0.194. The summed E-state index contributed by atoms with van der Waals surface area (Å²) in [5.74, 6) is 1.73. The zero-order valence-electron chi connectivity index (χ0n) is 15.0. The van der Waals surface area contributed by atoms with E-state index in [0.29, 0.717) is 38.3 Å². The van der Waals surface area contributed by atoms with E-state index in [4.69, 9.17) is 28.3 Å². The normalized spacial score (nSPS) is 15.5. The number of hydrogen-bond acceptors (Lipinski definition) is 4. The van der Waals surface area contributed by atoms with Crippen LogP contribution in [0.1, 0.15) is 43.8 Å². The lowest BCUT2D eigenvalue weighted by molar-refractivity contribution is 0.429. The Kier molecular flexibility index (Phi) is 4.33. The Morgan fingerprint density at radius 3 is 2.64 bits per heavy atom. The Hall–Kier alpha value is -2.44. The SMILES string of the molecule is O=c1c2cnc3nc(C4CCCCC4)nn3c2ccn1-c1ccc(Cl)c(Cl)c1. The maximum Gasteiger partial charge on any atom is 0.266 e. The first-order chi connectivity index (χ1) is 13.6. The van der Waals surface area contributed by atoms with Crippen LogP contribution >= 0.6 is 23.2 Å². The van der Waals surface area contributed by atoms with E-state index in [1.54, 1.807) is 35.1 Å². The van der Waals surface area contributed by atoms with Gasteiger partial charge in [-0.1, -0.05) is 42.5 Å². The molecule has 5 rings (SSSR count). The van der Waals surface area contributed by atoms with Crippen molar-refractivity contribution in [2.24, 2.45) is 0 Å². The fourth-order valence-corrected chi connectivity index (χ4v) is 4.20. The van der Waals surface area contributed by atoms with Crippen molar-refractivity contribution < 1.29 is 0 Å². The second-order valence-electron chi connectivity index (χ2n) is 7.16. The average molecular weight is 414 g/mol. The Morgan fingerprint density at radius 2 is 1.86 bits per heavy atom. The predicted octanol–water partition coefficient (Wildman–Crippen LogP) is 4.78. The molecule has 0 N–H and O–H groups in total. The summed E-state index contributed by atoms with van der Waals surface area (Å²) in [6.07, 6.45) is 9.20. The van der Waals surface area contributed by atoms with E-state index in [2.05, 4.69) is 9.97 Å². The zero-order chi connectivity index (χ0) is 19.3. The van der Waals surface area contributed by atoms with Gasteiger partial charge in [-0.05, 0) is 37.1 Å². The van der Waals surface area contributed by atoms with Gasteiger partial charge < -0.3 is 0 Å². The molecule has 1 aliphatic rings. The molecule has 1 saturated carbocycles. The van der Waals surface area contributed by atoms with Gasteiger partial charge in [-0.15, -0.1) is 5.10 Å². The Bertz CT molecular complexity index is 1260. The molecule has 0 amide bonds. The summed E-state index contributed by atoms with van der Waals surface area (Å²) >= 11 is 12.1. The molecule has 0 spiro atoms. The van der Waals surface area contributed by atoms with Crippen LogP contribution in [0.4, 0.5) is 0 Å². The number of halogens is 2. The van der Waals surface area contributed by atoms with Crippen molar-refractivity contribution in [3.8, 4) is 5.69 Å². The number of rotatable bonds is 2. The van der Waals surface area contributed by atoms with Crippen LogP contribution in [0.15, 0.2) is 41.5 Å². The first-order valence-electron chi connectivity index (χ1n) is 9.34. The highest BCUT2D eigenvalue weighted by Gasteiger charge is 2.21. The molecule has 1 aliphatic carbocycles. The van der Waals surface area contributed by atoms with Crippen LogP contribution in [-0.2, 0) is 0 Å². The molecule has 3 aromatic heterocycles. The van der Waals surface area contributed by atoms with Crippen molar-refractivity contribution in [1.29, 1.82) is 0 Å². The highest BCUT2D eigenvalue weighted by atomic mass is 35.5. The number of hydrogen-bond donors (Lipinski definition) is 0. The largest absolute Gasteiger partial charge is 0.284 e. The van der Waals surface area contributed by atoms with E-state index in [9.17, 15) is 4.79 Å². The molecule has 0 atom stereocenters. The van der Waals surface area contributed by atoms with E-state index in [1.165, 1.54) is 23.8 Å². The second-order valence-corrected chi connectivity index (χ2v) is 7.98. The summed E-state index contributed by atoms with van der Waals surface area (Å²) in [4.78, 5) is 22.1. The average Bonchev–Trinajstić information content (AvgIpc) is 3.16. The smallest absolute Gasteiger partial charge is 0.266 e. The molecule has 1 fully saturated rings. The van der Waals surface area contributed by atoms with Gasteiger partial charge in [-0.3, -0.25) is 9.36 Å². The molecule has 0 unspecified atom stereocenters. The lowest BCUT2D eigenvalue weighted by atomic mass is 9.89. The molecule has 3 heterocycles. The predicted molar refractivity (Wildman–Crippen MR) is 110 cm³/mol. The minimum absolute atomic E-state index is 0.194. The molecule has 28 heavy (non-hydrogen) atoms. The summed E-state index contributed by atoms with van der Waals surface area (Å²) < 4.78 is 3.21. The quantitative estimate of drug-likeness (QED) is 0.474. The van der Waals surface area contributed by atoms with Crippen molar-refractivity contribution in [3.63, 3.8) is 0 Å². The van der Waals surface area contributed by atoms with Gasteiger partial charge in [-0.2, -0.15) is 9.50 Å². The van der Waals surface area contributed by atoms with Crippen LogP contribution in [0.3, 0.4) is 0 Å². The van der Waals surface area contributed by atoms with Crippen molar-refractivity contribution in [2.75, 3.05) is 0 Å². The van der Waals surface area contributed by atoms with Gasteiger partial charge in [0.25, 0.3) is 11.3 Å². The van der Waals surface area contributed by atoms with Crippen molar-refractivity contribution in [1.82, 2.24) is 24.1 Å².